The Morgan fingerprint density at radius 2 is 0.875 bits per heavy atom. The molecule has 0 bridgehead atoms. The predicted molar refractivity (Wildman–Crippen MR) is 305 cm³/mol. The lowest BCUT2D eigenvalue weighted by molar-refractivity contribution is -0.379. The average molecular weight is 1140 g/mol. The number of unbranched alkanes of at least 4 members (excludes halogenated alkanes) is 17. The van der Waals surface area contributed by atoms with Crippen molar-refractivity contribution in [3.8, 4) is 0 Å². The highest BCUT2D eigenvalue weighted by atomic mass is 16.8. The van der Waals surface area contributed by atoms with Crippen LogP contribution in [0.1, 0.15) is 174 Å². The van der Waals surface area contributed by atoms with E-state index in [4.69, 9.17) is 28.4 Å². The van der Waals surface area contributed by atoms with Crippen molar-refractivity contribution >= 4 is 5.91 Å². The van der Waals surface area contributed by atoms with Gasteiger partial charge in [-0.1, -0.05) is 170 Å². The van der Waals surface area contributed by atoms with Gasteiger partial charge in [-0.25, -0.2) is 0 Å². The van der Waals surface area contributed by atoms with Crippen molar-refractivity contribution in [3.05, 3.63) is 72.9 Å². The smallest absolute Gasteiger partial charge is 0.220 e. The van der Waals surface area contributed by atoms with Crippen molar-refractivity contribution in [1.82, 2.24) is 5.32 Å². The van der Waals surface area contributed by atoms with Gasteiger partial charge in [-0.3, -0.25) is 4.79 Å². The van der Waals surface area contributed by atoms with Gasteiger partial charge >= 0.3 is 0 Å². The first-order valence-electron chi connectivity index (χ1n) is 30.2. The molecule has 12 N–H and O–H groups in total. The van der Waals surface area contributed by atoms with Gasteiger partial charge in [0.15, 0.2) is 18.9 Å². The number of rotatable bonds is 43. The molecule has 1 amide bonds. The summed E-state index contributed by atoms with van der Waals surface area (Å²) in [5.74, 6) is -0.294. The Labute approximate surface area is 477 Å². The molecule has 17 atom stereocenters. The molecular weight excluding hydrogens is 1030 g/mol. The topological polar surface area (TPSA) is 307 Å². The number of aliphatic hydroxyl groups excluding tert-OH is 11. The monoisotopic (exact) mass is 1140 g/mol. The van der Waals surface area contributed by atoms with E-state index in [9.17, 15) is 61.0 Å². The summed E-state index contributed by atoms with van der Waals surface area (Å²) in [6, 6.07) is -0.992. The molecule has 19 nitrogen and oxygen atoms in total. The molecule has 3 aliphatic heterocycles. The molecule has 3 saturated heterocycles. The van der Waals surface area contributed by atoms with Gasteiger partial charge in [0.2, 0.25) is 5.91 Å². The van der Waals surface area contributed by atoms with E-state index >= 15 is 0 Å². The minimum absolute atomic E-state index is 0.229. The van der Waals surface area contributed by atoms with Gasteiger partial charge in [0.1, 0.15) is 73.2 Å². The van der Waals surface area contributed by atoms with Crippen LogP contribution < -0.4 is 5.32 Å². The molecule has 80 heavy (non-hydrogen) atoms. The van der Waals surface area contributed by atoms with E-state index in [0.717, 1.165) is 77.0 Å². The van der Waals surface area contributed by atoms with Crippen molar-refractivity contribution in [3.63, 3.8) is 0 Å². The third kappa shape index (κ3) is 27.3. The molecule has 3 aliphatic rings. The fourth-order valence-corrected chi connectivity index (χ4v) is 9.78. The number of carbonyl (C=O) groups is 1. The van der Waals surface area contributed by atoms with Gasteiger partial charge in [0.05, 0.1) is 38.6 Å². The number of aliphatic hydroxyl groups is 11. The highest BCUT2D eigenvalue weighted by molar-refractivity contribution is 5.76. The fourth-order valence-electron chi connectivity index (χ4n) is 9.78. The Hall–Kier alpha value is -2.77. The number of amides is 1. The number of allylic oxidation sites excluding steroid dienone is 11. The highest BCUT2D eigenvalue weighted by Gasteiger charge is 2.53. The van der Waals surface area contributed by atoms with Gasteiger partial charge < -0.3 is 89.9 Å². The molecule has 0 radical (unpaired) electrons. The highest BCUT2D eigenvalue weighted by Crippen LogP contribution is 2.33. The zero-order valence-corrected chi connectivity index (χ0v) is 48.0. The first kappa shape index (κ1) is 71.5. The summed E-state index contributed by atoms with van der Waals surface area (Å²) in [4.78, 5) is 13.3. The van der Waals surface area contributed by atoms with Gasteiger partial charge in [-0.15, -0.1) is 0 Å². The first-order chi connectivity index (χ1) is 38.8. The van der Waals surface area contributed by atoms with Gasteiger partial charge in [0.25, 0.3) is 0 Å². The normalized spacial score (nSPS) is 30.5. The van der Waals surface area contributed by atoms with Crippen LogP contribution in [-0.4, -0.2) is 193 Å². The SMILES string of the molecule is CC/C=C\C/C=C\C/C=C\C/C=C\CCCCCCCCCCCCCCC(=O)NC(COC1OC(CO)C(OC2OC(CO)C(OC3OC(CO)C(O)C(O)C3O)C(O)C2O)C(O)C1O)C(O)/C=C/CC/C=C/CCCCCC. The summed E-state index contributed by atoms with van der Waals surface area (Å²) in [6.45, 7) is 1.52. The number of ether oxygens (including phenoxy) is 6. The van der Waals surface area contributed by atoms with Crippen LogP contribution in [-0.2, 0) is 33.2 Å². The van der Waals surface area contributed by atoms with Gasteiger partial charge in [0, 0.05) is 6.42 Å². The molecule has 462 valence electrons. The van der Waals surface area contributed by atoms with Crippen LogP contribution in [0.2, 0.25) is 0 Å². The summed E-state index contributed by atoms with van der Waals surface area (Å²) >= 11 is 0. The second-order valence-electron chi connectivity index (χ2n) is 21.4. The van der Waals surface area contributed by atoms with Crippen LogP contribution in [0, 0.1) is 0 Å². The molecule has 0 aromatic carbocycles. The molecule has 3 fully saturated rings. The molecule has 0 aromatic rings. The summed E-state index contributed by atoms with van der Waals surface area (Å²) < 4.78 is 34.2. The molecule has 17 unspecified atom stereocenters. The Bertz CT molecular complexity index is 1740. The quantitative estimate of drug-likeness (QED) is 0.0268. The third-order valence-electron chi connectivity index (χ3n) is 14.7. The van der Waals surface area contributed by atoms with E-state index in [1.807, 2.05) is 6.08 Å². The Morgan fingerprint density at radius 1 is 0.463 bits per heavy atom. The van der Waals surface area contributed by atoms with Crippen LogP contribution in [0.25, 0.3) is 0 Å². The maximum Gasteiger partial charge on any atom is 0.220 e. The zero-order chi connectivity index (χ0) is 58.3. The minimum atomic E-state index is -1.98. The van der Waals surface area contributed by atoms with Crippen molar-refractivity contribution in [2.75, 3.05) is 26.4 Å². The number of nitrogens with one attached hydrogen (secondary N) is 1. The lowest BCUT2D eigenvalue weighted by atomic mass is 9.96. The lowest BCUT2D eigenvalue weighted by Gasteiger charge is -2.48. The van der Waals surface area contributed by atoms with Crippen molar-refractivity contribution in [2.45, 2.75) is 279 Å². The van der Waals surface area contributed by atoms with Crippen LogP contribution in [0.5, 0.6) is 0 Å². The van der Waals surface area contributed by atoms with Crippen molar-refractivity contribution < 1.29 is 89.4 Å². The standard InChI is InChI=1S/C61H105NO18/c1-3-5-7-9-11-13-15-16-17-18-19-20-21-22-23-24-25-26-27-28-29-31-33-35-37-39-49(67)62-44(45(66)38-36-34-32-30-14-12-10-8-6-4-2)43-75-59-55(73)52(70)57(47(41-64)77-59)80-61-56(74)53(71)58(48(42-65)78-61)79-60-54(72)51(69)50(68)46(40-63)76-60/h5,7,11,13-14,16-17,19-20,30,36,38,44-48,50-61,63-66,68-74H,3-4,6,8-10,12,15,18,21-29,31-35,37,39-43H2,1-2H3,(H,62,67)/b7-5-,13-11-,17-16-,20-19-,30-14+,38-36+. The number of carbonyl (C=O) groups excluding carboxylic acids is 1. The van der Waals surface area contributed by atoms with Crippen LogP contribution in [0.3, 0.4) is 0 Å². The predicted octanol–water partition coefficient (Wildman–Crippen LogP) is 5.43. The molecular formula is C61H105NO18. The molecule has 0 spiro atoms. The summed E-state index contributed by atoms with van der Waals surface area (Å²) in [6.07, 6.45) is 24.8. The van der Waals surface area contributed by atoms with E-state index in [1.54, 1.807) is 6.08 Å². The molecule has 3 heterocycles. The molecule has 0 saturated carbocycles. The lowest BCUT2D eigenvalue weighted by Crippen LogP contribution is -2.66. The van der Waals surface area contributed by atoms with Crippen molar-refractivity contribution in [2.24, 2.45) is 0 Å². The van der Waals surface area contributed by atoms with E-state index in [1.165, 1.54) is 64.2 Å². The largest absolute Gasteiger partial charge is 0.394 e. The Morgan fingerprint density at radius 3 is 1.40 bits per heavy atom. The van der Waals surface area contributed by atoms with E-state index in [2.05, 4.69) is 79.9 Å². The zero-order valence-electron chi connectivity index (χ0n) is 48.0. The summed E-state index contributed by atoms with van der Waals surface area (Å²) in [7, 11) is 0. The second-order valence-corrected chi connectivity index (χ2v) is 21.4. The van der Waals surface area contributed by atoms with E-state index < -0.39 is 124 Å². The fraction of sp³-hybridized carbons (Fsp3) is 0.787. The minimum Gasteiger partial charge on any atom is -0.394 e. The average Bonchev–Trinajstić information content (AvgIpc) is 3.47. The molecule has 3 rings (SSSR count). The van der Waals surface area contributed by atoms with Crippen LogP contribution >= 0.6 is 0 Å². The number of hydrogen-bond donors (Lipinski definition) is 12. The number of hydrogen-bond acceptors (Lipinski definition) is 18. The Balaban J connectivity index is 1.44. The van der Waals surface area contributed by atoms with Gasteiger partial charge in [-0.2, -0.15) is 0 Å². The summed E-state index contributed by atoms with van der Waals surface area (Å²) in [5.41, 5.74) is 0. The molecule has 19 heteroatoms. The van der Waals surface area contributed by atoms with E-state index in [0.29, 0.717) is 12.8 Å². The van der Waals surface area contributed by atoms with Crippen LogP contribution in [0.4, 0.5) is 0 Å². The van der Waals surface area contributed by atoms with Crippen molar-refractivity contribution in [1.29, 1.82) is 0 Å². The summed E-state index contributed by atoms with van der Waals surface area (Å²) in [5, 5.41) is 120. The van der Waals surface area contributed by atoms with Crippen LogP contribution in [0.15, 0.2) is 72.9 Å². The third-order valence-corrected chi connectivity index (χ3v) is 14.7. The maximum atomic E-state index is 13.3. The van der Waals surface area contributed by atoms with Gasteiger partial charge in [-0.05, 0) is 70.6 Å². The van der Waals surface area contributed by atoms with E-state index in [-0.39, 0.29) is 18.9 Å². The first-order valence-corrected chi connectivity index (χ1v) is 30.2. The Kier molecular flexibility index (Phi) is 39.2. The molecule has 0 aromatic heterocycles. The maximum absolute atomic E-state index is 13.3. The second kappa shape index (κ2) is 43.8. The molecule has 0 aliphatic carbocycles.